The molecule has 0 aromatic carbocycles. The molecule has 0 saturated carbocycles. The quantitative estimate of drug-likeness (QED) is 0.647. The topological polar surface area (TPSA) is 46.5 Å². The van der Waals surface area contributed by atoms with E-state index in [2.05, 4.69) is 0 Å². The van der Waals surface area contributed by atoms with Crippen molar-refractivity contribution < 1.29 is 14.6 Å². The summed E-state index contributed by atoms with van der Waals surface area (Å²) in [5.74, 6) is -0.843. The summed E-state index contributed by atoms with van der Waals surface area (Å²) in [7, 11) is 0. The van der Waals surface area contributed by atoms with Gasteiger partial charge >= 0.3 is 5.97 Å². The molecule has 0 aliphatic rings. The molecule has 0 rings (SSSR count). The highest BCUT2D eigenvalue weighted by Crippen LogP contribution is 2.04. The first-order valence-electron chi connectivity index (χ1n) is 4.59. The van der Waals surface area contributed by atoms with Gasteiger partial charge in [-0.3, -0.25) is 0 Å². The van der Waals surface area contributed by atoms with Gasteiger partial charge in [-0.15, -0.1) is 0 Å². The van der Waals surface area contributed by atoms with Crippen LogP contribution in [-0.2, 0) is 9.53 Å². The van der Waals surface area contributed by atoms with Gasteiger partial charge in [0, 0.05) is 12.2 Å². The molecule has 3 nitrogen and oxygen atoms in total. The lowest BCUT2D eigenvalue weighted by molar-refractivity contribution is -0.132. The van der Waals surface area contributed by atoms with Gasteiger partial charge in [-0.05, 0) is 33.6 Å². The van der Waals surface area contributed by atoms with Crippen molar-refractivity contribution in [3.63, 3.8) is 0 Å². The van der Waals surface area contributed by atoms with Crippen LogP contribution in [0.2, 0.25) is 0 Å². The largest absolute Gasteiger partial charge is 0.478 e. The van der Waals surface area contributed by atoms with E-state index in [-0.39, 0.29) is 6.10 Å². The standard InChI is InChI=1S/C10H18O3/c1-4-13-9(3)7-5-6-8(2)10(11)12/h6,9H,4-5,7H2,1-3H3,(H,11,12). The number of carbonyl (C=O) groups is 1. The Morgan fingerprint density at radius 2 is 2.23 bits per heavy atom. The van der Waals surface area contributed by atoms with Crippen LogP contribution in [0.5, 0.6) is 0 Å². The molecule has 1 atom stereocenters. The maximum atomic E-state index is 10.4. The van der Waals surface area contributed by atoms with Gasteiger partial charge in [-0.25, -0.2) is 4.79 Å². The average molecular weight is 186 g/mol. The summed E-state index contributed by atoms with van der Waals surface area (Å²) in [6.07, 6.45) is 3.58. The SMILES string of the molecule is CCOC(C)CCC=C(C)C(=O)O. The zero-order chi connectivity index (χ0) is 10.3. The minimum Gasteiger partial charge on any atom is -0.478 e. The molecule has 0 radical (unpaired) electrons. The molecule has 0 aliphatic heterocycles. The fourth-order valence-electron chi connectivity index (χ4n) is 0.990. The maximum Gasteiger partial charge on any atom is 0.330 e. The van der Waals surface area contributed by atoms with E-state index >= 15 is 0 Å². The Kier molecular flexibility index (Phi) is 6.24. The van der Waals surface area contributed by atoms with Crippen molar-refractivity contribution in [2.45, 2.75) is 39.7 Å². The number of hydrogen-bond acceptors (Lipinski definition) is 2. The Balaban J connectivity index is 3.65. The lowest BCUT2D eigenvalue weighted by Crippen LogP contribution is -2.07. The number of allylic oxidation sites excluding steroid dienone is 1. The van der Waals surface area contributed by atoms with Gasteiger partial charge in [0.1, 0.15) is 0 Å². The first-order valence-corrected chi connectivity index (χ1v) is 4.59. The zero-order valence-corrected chi connectivity index (χ0v) is 8.54. The van der Waals surface area contributed by atoms with Crippen molar-refractivity contribution >= 4 is 5.97 Å². The summed E-state index contributed by atoms with van der Waals surface area (Å²) in [5.41, 5.74) is 0.406. The van der Waals surface area contributed by atoms with Crippen molar-refractivity contribution in [1.82, 2.24) is 0 Å². The normalized spacial score (nSPS) is 14.2. The predicted molar refractivity (Wildman–Crippen MR) is 51.7 cm³/mol. The van der Waals surface area contributed by atoms with E-state index in [4.69, 9.17) is 9.84 Å². The Morgan fingerprint density at radius 3 is 2.69 bits per heavy atom. The van der Waals surface area contributed by atoms with Crippen molar-refractivity contribution in [3.8, 4) is 0 Å². The number of hydrogen-bond donors (Lipinski definition) is 1. The van der Waals surface area contributed by atoms with Gasteiger partial charge in [-0.2, -0.15) is 0 Å². The van der Waals surface area contributed by atoms with Crippen LogP contribution < -0.4 is 0 Å². The fraction of sp³-hybridized carbons (Fsp3) is 0.700. The van der Waals surface area contributed by atoms with Crippen LogP contribution in [0.25, 0.3) is 0 Å². The molecule has 3 heteroatoms. The van der Waals surface area contributed by atoms with Gasteiger partial charge in [0.2, 0.25) is 0 Å². The number of ether oxygens (including phenoxy) is 1. The van der Waals surface area contributed by atoms with Crippen LogP contribution in [0.1, 0.15) is 33.6 Å². The first kappa shape index (κ1) is 12.2. The lowest BCUT2D eigenvalue weighted by atomic mass is 10.1. The van der Waals surface area contributed by atoms with Crippen molar-refractivity contribution in [3.05, 3.63) is 11.6 Å². The molecule has 0 saturated heterocycles. The van der Waals surface area contributed by atoms with E-state index in [1.165, 1.54) is 0 Å². The van der Waals surface area contributed by atoms with E-state index in [9.17, 15) is 4.79 Å². The molecule has 0 heterocycles. The Hall–Kier alpha value is -0.830. The molecule has 13 heavy (non-hydrogen) atoms. The summed E-state index contributed by atoms with van der Waals surface area (Å²) in [4.78, 5) is 10.4. The smallest absolute Gasteiger partial charge is 0.330 e. The van der Waals surface area contributed by atoms with Gasteiger partial charge in [-0.1, -0.05) is 6.08 Å². The monoisotopic (exact) mass is 186 g/mol. The molecule has 0 aromatic heterocycles. The van der Waals surface area contributed by atoms with E-state index in [0.29, 0.717) is 12.2 Å². The summed E-state index contributed by atoms with van der Waals surface area (Å²) in [6, 6.07) is 0. The molecular formula is C10H18O3. The number of aliphatic carboxylic acids is 1. The predicted octanol–water partition coefficient (Wildman–Crippen LogP) is 2.22. The van der Waals surface area contributed by atoms with E-state index in [1.54, 1.807) is 13.0 Å². The Morgan fingerprint density at radius 1 is 1.62 bits per heavy atom. The third-order valence-corrected chi connectivity index (χ3v) is 1.81. The molecule has 0 amide bonds. The highest BCUT2D eigenvalue weighted by molar-refractivity contribution is 5.85. The van der Waals surface area contributed by atoms with Crippen LogP contribution in [-0.4, -0.2) is 23.8 Å². The van der Waals surface area contributed by atoms with Gasteiger partial charge in [0.05, 0.1) is 6.10 Å². The van der Waals surface area contributed by atoms with Crippen LogP contribution in [0.4, 0.5) is 0 Å². The molecule has 1 N–H and O–H groups in total. The van der Waals surface area contributed by atoms with E-state index < -0.39 is 5.97 Å². The molecule has 0 aliphatic carbocycles. The Labute approximate surface area is 79.4 Å². The Bertz CT molecular complexity index is 185. The first-order chi connectivity index (χ1) is 6.07. The van der Waals surface area contributed by atoms with Gasteiger partial charge in [0.15, 0.2) is 0 Å². The second-order valence-corrected chi connectivity index (χ2v) is 3.04. The molecule has 1 unspecified atom stereocenters. The summed E-state index contributed by atoms with van der Waals surface area (Å²) < 4.78 is 5.31. The second kappa shape index (κ2) is 6.66. The average Bonchev–Trinajstić information content (AvgIpc) is 2.04. The van der Waals surface area contributed by atoms with Crippen molar-refractivity contribution in [2.75, 3.05) is 6.61 Å². The highest BCUT2D eigenvalue weighted by atomic mass is 16.5. The molecular weight excluding hydrogens is 168 g/mol. The third-order valence-electron chi connectivity index (χ3n) is 1.81. The van der Waals surface area contributed by atoms with Crippen molar-refractivity contribution in [2.24, 2.45) is 0 Å². The second-order valence-electron chi connectivity index (χ2n) is 3.04. The summed E-state index contributed by atoms with van der Waals surface area (Å²) in [6.45, 7) is 6.26. The third kappa shape index (κ3) is 6.34. The number of carboxylic acids is 1. The summed E-state index contributed by atoms with van der Waals surface area (Å²) in [5, 5.41) is 8.55. The van der Waals surface area contributed by atoms with E-state index in [0.717, 1.165) is 12.8 Å². The highest BCUT2D eigenvalue weighted by Gasteiger charge is 2.01. The minimum atomic E-state index is -0.843. The minimum absolute atomic E-state index is 0.211. The molecule has 0 fully saturated rings. The lowest BCUT2D eigenvalue weighted by Gasteiger charge is -2.09. The zero-order valence-electron chi connectivity index (χ0n) is 8.54. The molecule has 0 bridgehead atoms. The maximum absolute atomic E-state index is 10.4. The van der Waals surface area contributed by atoms with Crippen LogP contribution in [0, 0.1) is 0 Å². The summed E-state index contributed by atoms with van der Waals surface area (Å²) >= 11 is 0. The number of rotatable bonds is 6. The van der Waals surface area contributed by atoms with Gasteiger partial charge in [0.25, 0.3) is 0 Å². The van der Waals surface area contributed by atoms with Crippen LogP contribution in [0.15, 0.2) is 11.6 Å². The van der Waals surface area contributed by atoms with Crippen molar-refractivity contribution in [1.29, 1.82) is 0 Å². The van der Waals surface area contributed by atoms with Crippen LogP contribution in [0.3, 0.4) is 0 Å². The van der Waals surface area contributed by atoms with Crippen LogP contribution >= 0.6 is 0 Å². The molecule has 0 spiro atoms. The molecule has 0 aromatic rings. The fourth-order valence-corrected chi connectivity index (χ4v) is 0.990. The van der Waals surface area contributed by atoms with E-state index in [1.807, 2.05) is 13.8 Å². The number of carboxylic acid groups (broad SMARTS) is 1. The molecule has 76 valence electrons. The van der Waals surface area contributed by atoms with Gasteiger partial charge < -0.3 is 9.84 Å².